The normalized spacial score (nSPS) is 12.1. The third kappa shape index (κ3) is 4.53. The fourth-order valence-corrected chi connectivity index (χ4v) is 1.97. The van der Waals surface area contributed by atoms with Crippen LogP contribution in [0.25, 0.3) is 10.9 Å². The first-order valence-corrected chi connectivity index (χ1v) is 7.84. The Balaban J connectivity index is 0.000000315. The zero-order chi connectivity index (χ0) is 16.3. The lowest BCUT2D eigenvalue weighted by molar-refractivity contribution is 0.314. The Morgan fingerprint density at radius 1 is 1.29 bits per heavy atom. The highest BCUT2D eigenvalue weighted by atomic mass is 32.3. The summed E-state index contributed by atoms with van der Waals surface area (Å²) in [4.78, 5) is 0. The smallest absolute Gasteiger partial charge is 0.217 e. The van der Waals surface area contributed by atoms with E-state index in [1.165, 1.54) is 16.6 Å². The number of rotatable bonds is 3. The van der Waals surface area contributed by atoms with Crippen molar-refractivity contribution in [2.45, 2.75) is 6.92 Å². The molecule has 2 rings (SSSR count). The zero-order valence-corrected chi connectivity index (χ0v) is 13.8. The predicted octanol–water partition coefficient (Wildman–Crippen LogP) is 1.86. The van der Waals surface area contributed by atoms with E-state index in [0.29, 0.717) is 0 Å². The van der Waals surface area contributed by atoms with E-state index in [2.05, 4.69) is 67.3 Å². The number of hydrogen-bond acceptors (Lipinski definition) is 4. The molecule has 0 radical (unpaired) electrons. The minimum absolute atomic E-state index is 0.808. The van der Waals surface area contributed by atoms with E-state index < -0.39 is 10.4 Å². The fourth-order valence-electron chi connectivity index (χ4n) is 1.97. The molecule has 0 fully saturated rings. The summed E-state index contributed by atoms with van der Waals surface area (Å²) in [6.07, 6.45) is 2.24. The number of quaternary nitrogens is 1. The van der Waals surface area contributed by atoms with E-state index in [-0.39, 0.29) is 0 Å². The van der Waals surface area contributed by atoms with Crippen LogP contribution in [0.4, 0.5) is 5.69 Å². The number of aromatic nitrogens is 1. The van der Waals surface area contributed by atoms with Crippen LogP contribution in [0.15, 0.2) is 30.5 Å². The van der Waals surface area contributed by atoms with Crippen LogP contribution in [-0.4, -0.2) is 45.3 Å². The highest BCUT2D eigenvalue weighted by Gasteiger charge is 2.21. The number of para-hydroxylation sites is 1. The van der Waals surface area contributed by atoms with Crippen molar-refractivity contribution in [2.75, 3.05) is 27.7 Å². The summed E-state index contributed by atoms with van der Waals surface area (Å²) in [5.74, 6) is 0. The van der Waals surface area contributed by atoms with Crippen molar-refractivity contribution in [3.8, 4) is 0 Å². The van der Waals surface area contributed by atoms with E-state index in [0.717, 1.165) is 18.1 Å². The maximum atomic E-state index is 9.22. The molecular weight excluding hydrogens is 292 g/mol. The van der Waals surface area contributed by atoms with Gasteiger partial charge in [0.1, 0.15) is 0 Å². The van der Waals surface area contributed by atoms with Crippen LogP contribution in [0.2, 0.25) is 0 Å². The third-order valence-corrected chi connectivity index (χ3v) is 3.93. The molecule has 2 aromatic rings. The van der Waals surface area contributed by atoms with Crippen molar-refractivity contribution in [2.24, 2.45) is 7.05 Å². The van der Waals surface area contributed by atoms with Gasteiger partial charge in [-0.05, 0) is 19.1 Å². The molecule has 1 aromatic heterocycles. The summed E-state index contributed by atoms with van der Waals surface area (Å²) in [7, 11) is 3.01. The van der Waals surface area contributed by atoms with Crippen molar-refractivity contribution in [3.63, 3.8) is 0 Å². The minimum atomic E-state index is -4.41. The average molecular weight is 314 g/mol. The van der Waals surface area contributed by atoms with Crippen LogP contribution in [0.5, 0.6) is 0 Å². The minimum Gasteiger partial charge on any atom is -0.726 e. The van der Waals surface area contributed by atoms with E-state index in [1.807, 2.05) is 0 Å². The molecule has 0 aliphatic carbocycles. The van der Waals surface area contributed by atoms with Crippen molar-refractivity contribution < 1.29 is 17.2 Å². The van der Waals surface area contributed by atoms with Gasteiger partial charge in [0.2, 0.25) is 10.4 Å². The second-order valence-corrected chi connectivity index (χ2v) is 6.37. The number of fused-ring (bicyclic) bond motifs is 1. The number of aryl methyl sites for hydroxylation is 1. The third-order valence-electron chi connectivity index (χ3n) is 3.52. The molecule has 118 valence electrons. The molecule has 0 aliphatic rings. The number of benzene rings is 1. The molecule has 0 spiro atoms. The summed E-state index contributed by atoms with van der Waals surface area (Å²) in [5.41, 5.74) is 2.71. The molecule has 0 aliphatic heterocycles. The second-order valence-electron chi connectivity index (χ2n) is 5.22. The maximum absolute atomic E-state index is 9.22. The molecule has 1 aromatic carbocycles. The Morgan fingerprint density at radius 2 is 1.81 bits per heavy atom. The van der Waals surface area contributed by atoms with Crippen LogP contribution < -0.4 is 4.48 Å². The first-order chi connectivity index (χ1) is 9.62. The molecule has 1 heterocycles. The van der Waals surface area contributed by atoms with Gasteiger partial charge in [0.25, 0.3) is 0 Å². The largest absolute Gasteiger partial charge is 0.726 e. The number of hydrogen-bond donors (Lipinski definition) is 0. The molecule has 6 nitrogen and oxygen atoms in total. The lowest BCUT2D eigenvalue weighted by Crippen LogP contribution is -2.39. The SMILES string of the molecule is CC[N+](C)(C)c1cn(C)c2ccccc12.COS(=O)(=O)[O-]. The highest BCUT2D eigenvalue weighted by Crippen LogP contribution is 2.30. The Labute approximate surface area is 126 Å². The molecule has 0 saturated heterocycles. The van der Waals surface area contributed by atoms with Gasteiger partial charge in [0.05, 0.1) is 44.8 Å². The summed E-state index contributed by atoms with van der Waals surface area (Å²) in [5, 5.41) is 1.37. The van der Waals surface area contributed by atoms with Gasteiger partial charge in [-0.2, -0.15) is 0 Å². The molecule has 7 heteroatoms. The van der Waals surface area contributed by atoms with Crippen LogP contribution in [0.1, 0.15) is 6.92 Å². The Morgan fingerprint density at radius 3 is 2.29 bits per heavy atom. The highest BCUT2D eigenvalue weighted by molar-refractivity contribution is 7.80. The standard InChI is InChI=1S/C13H19N2.CH4O4S/c1-5-15(3,4)13-10-14(2)12-9-7-6-8-11(12)13;1-5-6(2,3)4/h6-10H,5H2,1-4H3;1H3,(H,2,3,4)/q+1;/p-1. The van der Waals surface area contributed by atoms with Gasteiger partial charge in [-0.15, -0.1) is 0 Å². The van der Waals surface area contributed by atoms with Crippen LogP contribution in [0, 0.1) is 0 Å². The van der Waals surface area contributed by atoms with Gasteiger partial charge in [-0.1, -0.05) is 12.1 Å². The summed E-state index contributed by atoms with van der Waals surface area (Å²) in [6, 6.07) is 8.59. The Kier molecular flexibility index (Phi) is 5.52. The summed E-state index contributed by atoms with van der Waals surface area (Å²) >= 11 is 0. The molecule has 0 N–H and O–H groups in total. The average Bonchev–Trinajstić information content (AvgIpc) is 2.77. The van der Waals surface area contributed by atoms with Gasteiger partial charge in [0.15, 0.2) is 5.69 Å². The predicted molar refractivity (Wildman–Crippen MR) is 83.8 cm³/mol. The van der Waals surface area contributed by atoms with E-state index in [9.17, 15) is 13.0 Å². The Hall–Kier alpha value is -1.41. The van der Waals surface area contributed by atoms with Crippen LogP contribution >= 0.6 is 0 Å². The van der Waals surface area contributed by atoms with Crippen molar-refractivity contribution >= 4 is 27.0 Å². The van der Waals surface area contributed by atoms with Gasteiger partial charge >= 0.3 is 0 Å². The molecule has 0 bridgehead atoms. The van der Waals surface area contributed by atoms with E-state index in [1.54, 1.807) is 0 Å². The van der Waals surface area contributed by atoms with Gasteiger partial charge in [0, 0.05) is 7.05 Å². The summed E-state index contributed by atoms with van der Waals surface area (Å²) < 4.78 is 34.2. The molecule has 0 atom stereocenters. The second kappa shape index (κ2) is 6.57. The van der Waals surface area contributed by atoms with E-state index in [4.69, 9.17) is 0 Å². The first-order valence-electron chi connectivity index (χ1n) is 6.51. The molecule has 0 amide bonds. The van der Waals surface area contributed by atoms with Crippen LogP contribution in [-0.2, 0) is 21.6 Å². The fraction of sp³-hybridized carbons (Fsp3) is 0.429. The first kappa shape index (κ1) is 17.6. The summed E-state index contributed by atoms with van der Waals surface area (Å²) in [6.45, 7) is 3.33. The molecule has 21 heavy (non-hydrogen) atoms. The van der Waals surface area contributed by atoms with Crippen LogP contribution in [0.3, 0.4) is 0 Å². The van der Waals surface area contributed by atoms with Gasteiger partial charge < -0.3 is 9.12 Å². The van der Waals surface area contributed by atoms with Crippen molar-refractivity contribution in [3.05, 3.63) is 30.5 Å². The lowest BCUT2D eigenvalue weighted by atomic mass is 10.2. The lowest BCUT2D eigenvalue weighted by Gasteiger charge is -2.26. The van der Waals surface area contributed by atoms with E-state index >= 15 is 0 Å². The molecule has 0 saturated carbocycles. The Bertz CT molecular complexity index is 705. The monoisotopic (exact) mass is 314 g/mol. The van der Waals surface area contributed by atoms with Crippen molar-refractivity contribution in [1.29, 1.82) is 0 Å². The number of nitrogens with zero attached hydrogens (tertiary/aromatic N) is 2. The van der Waals surface area contributed by atoms with Gasteiger partial charge in [-0.25, -0.2) is 8.42 Å². The molecule has 0 unspecified atom stereocenters. The quantitative estimate of drug-likeness (QED) is 0.492. The topological polar surface area (TPSA) is 71.4 Å². The zero-order valence-electron chi connectivity index (χ0n) is 13.0. The molecular formula is C14H22N2O4S. The van der Waals surface area contributed by atoms with Gasteiger partial charge in [-0.3, -0.25) is 8.67 Å². The maximum Gasteiger partial charge on any atom is 0.217 e. The van der Waals surface area contributed by atoms with Crippen molar-refractivity contribution in [1.82, 2.24) is 9.05 Å².